The van der Waals surface area contributed by atoms with E-state index in [1.54, 1.807) is 5.51 Å². The normalized spacial score (nSPS) is 22.2. The summed E-state index contributed by atoms with van der Waals surface area (Å²) in [5.41, 5.74) is 2.01. The minimum atomic E-state index is -0.696. The molecule has 104 valence electrons. The van der Waals surface area contributed by atoms with Crippen LogP contribution in [-0.2, 0) is 0 Å². The van der Waals surface area contributed by atoms with Gasteiger partial charge in [-0.2, -0.15) is 0 Å². The molecule has 2 aliphatic rings. The zero-order valence-electron chi connectivity index (χ0n) is 11.0. The summed E-state index contributed by atoms with van der Waals surface area (Å²) in [4.78, 5) is 17.2. The lowest BCUT2D eigenvalue weighted by molar-refractivity contribution is 0.00528. The highest BCUT2D eigenvalue weighted by Gasteiger charge is 2.33. The van der Waals surface area contributed by atoms with Crippen molar-refractivity contribution in [2.75, 3.05) is 6.54 Å². The van der Waals surface area contributed by atoms with Crippen LogP contribution in [0.1, 0.15) is 66.2 Å². The van der Waals surface area contributed by atoms with Gasteiger partial charge in [0.2, 0.25) is 0 Å². The van der Waals surface area contributed by atoms with Crippen molar-refractivity contribution in [1.82, 2.24) is 10.3 Å². The van der Waals surface area contributed by atoms with Crippen LogP contribution >= 0.6 is 11.3 Å². The number of aliphatic hydroxyl groups is 1. The Hall–Kier alpha value is -0.940. The number of aromatic nitrogens is 1. The Morgan fingerprint density at radius 1 is 1.42 bits per heavy atom. The molecule has 1 aromatic rings. The number of hydrogen-bond donors (Lipinski definition) is 2. The molecule has 2 N–H and O–H groups in total. The highest BCUT2D eigenvalue weighted by atomic mass is 32.1. The van der Waals surface area contributed by atoms with Crippen molar-refractivity contribution < 1.29 is 9.90 Å². The van der Waals surface area contributed by atoms with Crippen LogP contribution < -0.4 is 5.32 Å². The fourth-order valence-corrected chi connectivity index (χ4v) is 3.58. The predicted octanol–water partition coefficient (Wildman–Crippen LogP) is 2.45. The molecule has 2 fully saturated rings. The van der Waals surface area contributed by atoms with Crippen molar-refractivity contribution in [2.24, 2.45) is 0 Å². The van der Waals surface area contributed by atoms with Crippen LogP contribution in [0.4, 0.5) is 0 Å². The van der Waals surface area contributed by atoms with Crippen molar-refractivity contribution in [3.63, 3.8) is 0 Å². The first-order chi connectivity index (χ1) is 9.18. The smallest absolute Gasteiger partial charge is 0.263 e. The molecule has 0 unspecified atom stereocenters. The second-order valence-corrected chi connectivity index (χ2v) is 6.66. The third-order valence-electron chi connectivity index (χ3n) is 4.13. The van der Waals surface area contributed by atoms with Gasteiger partial charge in [-0.3, -0.25) is 4.79 Å². The largest absolute Gasteiger partial charge is 0.388 e. The molecular formula is C14H20N2O2S. The molecule has 0 radical (unpaired) electrons. The summed E-state index contributed by atoms with van der Waals surface area (Å²) in [5.74, 6) is 0.424. The number of thiazole rings is 1. The molecule has 1 aromatic heterocycles. The van der Waals surface area contributed by atoms with Crippen molar-refractivity contribution in [3.05, 3.63) is 16.1 Å². The molecule has 2 aliphatic carbocycles. The Labute approximate surface area is 117 Å². The fraction of sp³-hybridized carbons (Fsp3) is 0.714. The first-order valence-electron chi connectivity index (χ1n) is 7.12. The molecule has 1 heterocycles. The van der Waals surface area contributed by atoms with Gasteiger partial charge >= 0.3 is 0 Å². The molecular weight excluding hydrogens is 260 g/mol. The fourth-order valence-electron chi connectivity index (χ4n) is 2.78. The summed E-state index contributed by atoms with van der Waals surface area (Å²) in [6.07, 6.45) is 7.19. The van der Waals surface area contributed by atoms with Gasteiger partial charge in [-0.25, -0.2) is 4.98 Å². The van der Waals surface area contributed by atoms with Crippen LogP contribution in [0, 0.1) is 0 Å². The van der Waals surface area contributed by atoms with E-state index in [4.69, 9.17) is 0 Å². The van der Waals surface area contributed by atoms with Crippen LogP contribution in [0.25, 0.3) is 0 Å². The number of carbonyl (C=O) groups is 1. The Bertz CT molecular complexity index is 462. The van der Waals surface area contributed by atoms with E-state index in [1.165, 1.54) is 17.8 Å². The Kier molecular flexibility index (Phi) is 3.58. The summed E-state index contributed by atoms with van der Waals surface area (Å²) in [5, 5.41) is 13.3. The van der Waals surface area contributed by atoms with E-state index in [-0.39, 0.29) is 5.91 Å². The predicted molar refractivity (Wildman–Crippen MR) is 74.5 cm³/mol. The van der Waals surface area contributed by atoms with Crippen LogP contribution in [0.15, 0.2) is 5.51 Å². The van der Waals surface area contributed by atoms with E-state index in [9.17, 15) is 9.90 Å². The monoisotopic (exact) mass is 280 g/mol. The highest BCUT2D eigenvalue weighted by Crippen LogP contribution is 2.41. The van der Waals surface area contributed by atoms with Crippen molar-refractivity contribution >= 4 is 17.2 Å². The highest BCUT2D eigenvalue weighted by molar-refractivity contribution is 7.11. The lowest BCUT2D eigenvalue weighted by Gasteiger charge is -2.32. The van der Waals surface area contributed by atoms with E-state index in [0.29, 0.717) is 12.5 Å². The lowest BCUT2D eigenvalue weighted by atomic mass is 9.85. The Morgan fingerprint density at radius 2 is 2.16 bits per heavy atom. The molecule has 0 aromatic carbocycles. The van der Waals surface area contributed by atoms with Crippen LogP contribution in [0.2, 0.25) is 0 Å². The standard InChI is InChI=1S/C14H20N2O2S/c17-13(12-11(10-4-5-10)16-9-19-12)15-8-14(18)6-2-1-3-7-14/h9-10,18H,1-8H2,(H,15,17). The number of nitrogens with one attached hydrogen (secondary N) is 1. The molecule has 5 heteroatoms. The maximum absolute atomic E-state index is 12.2. The van der Waals surface area contributed by atoms with Gasteiger partial charge in [0, 0.05) is 12.5 Å². The molecule has 2 saturated carbocycles. The molecule has 19 heavy (non-hydrogen) atoms. The minimum Gasteiger partial charge on any atom is -0.388 e. The van der Waals surface area contributed by atoms with Crippen molar-refractivity contribution in [2.45, 2.75) is 56.5 Å². The van der Waals surface area contributed by atoms with Gasteiger partial charge in [0.25, 0.3) is 5.91 Å². The second kappa shape index (κ2) is 5.21. The van der Waals surface area contributed by atoms with Crippen LogP contribution in [0.3, 0.4) is 0 Å². The summed E-state index contributed by atoms with van der Waals surface area (Å²) < 4.78 is 0. The number of carbonyl (C=O) groups excluding carboxylic acids is 1. The zero-order valence-corrected chi connectivity index (χ0v) is 11.8. The quantitative estimate of drug-likeness (QED) is 0.890. The first-order valence-corrected chi connectivity index (χ1v) is 8.00. The summed E-state index contributed by atoms with van der Waals surface area (Å²) in [6, 6.07) is 0. The van der Waals surface area contributed by atoms with Gasteiger partial charge in [-0.05, 0) is 25.7 Å². The van der Waals surface area contributed by atoms with Gasteiger partial charge in [0.15, 0.2) is 0 Å². The molecule has 0 saturated heterocycles. The number of nitrogens with zero attached hydrogens (tertiary/aromatic N) is 1. The Balaban J connectivity index is 1.60. The molecule has 0 aliphatic heterocycles. The Morgan fingerprint density at radius 3 is 2.84 bits per heavy atom. The van der Waals surface area contributed by atoms with Crippen LogP contribution in [-0.4, -0.2) is 28.1 Å². The molecule has 4 nitrogen and oxygen atoms in total. The van der Waals surface area contributed by atoms with Gasteiger partial charge in [-0.15, -0.1) is 11.3 Å². The second-order valence-electron chi connectivity index (χ2n) is 5.81. The van der Waals surface area contributed by atoms with E-state index < -0.39 is 5.60 Å². The average molecular weight is 280 g/mol. The maximum atomic E-state index is 12.2. The number of hydrogen-bond acceptors (Lipinski definition) is 4. The van der Waals surface area contributed by atoms with Crippen LogP contribution in [0.5, 0.6) is 0 Å². The average Bonchev–Trinajstić information content (AvgIpc) is 3.14. The van der Waals surface area contributed by atoms with Gasteiger partial charge in [0.05, 0.1) is 16.8 Å². The van der Waals surface area contributed by atoms with E-state index in [2.05, 4.69) is 10.3 Å². The zero-order chi connectivity index (χ0) is 13.3. The summed E-state index contributed by atoms with van der Waals surface area (Å²) >= 11 is 1.41. The number of amides is 1. The summed E-state index contributed by atoms with van der Waals surface area (Å²) in [6.45, 7) is 0.369. The maximum Gasteiger partial charge on any atom is 0.263 e. The molecule has 1 amide bonds. The van der Waals surface area contributed by atoms with Crippen molar-refractivity contribution in [1.29, 1.82) is 0 Å². The number of rotatable bonds is 4. The SMILES string of the molecule is O=C(NCC1(O)CCCCC1)c1scnc1C1CC1. The third kappa shape index (κ3) is 2.98. The van der Waals surface area contributed by atoms with E-state index in [0.717, 1.165) is 49.1 Å². The summed E-state index contributed by atoms with van der Waals surface area (Å²) in [7, 11) is 0. The molecule has 0 spiro atoms. The first kappa shape index (κ1) is 13.1. The molecule has 0 atom stereocenters. The van der Waals surface area contributed by atoms with E-state index in [1.807, 2.05) is 0 Å². The van der Waals surface area contributed by atoms with Gasteiger partial charge in [0.1, 0.15) is 4.88 Å². The van der Waals surface area contributed by atoms with Gasteiger partial charge < -0.3 is 10.4 Å². The molecule has 0 bridgehead atoms. The third-order valence-corrected chi connectivity index (χ3v) is 4.97. The minimum absolute atomic E-state index is 0.0663. The van der Waals surface area contributed by atoms with Crippen molar-refractivity contribution in [3.8, 4) is 0 Å². The topological polar surface area (TPSA) is 62.2 Å². The molecule has 3 rings (SSSR count). The lowest BCUT2D eigenvalue weighted by Crippen LogP contribution is -2.44. The van der Waals surface area contributed by atoms with Gasteiger partial charge in [-0.1, -0.05) is 19.3 Å². The van der Waals surface area contributed by atoms with E-state index >= 15 is 0 Å².